The maximum absolute atomic E-state index is 13.1. The summed E-state index contributed by atoms with van der Waals surface area (Å²) in [6, 6.07) is 4.04. The predicted octanol–water partition coefficient (Wildman–Crippen LogP) is 4.79. The van der Waals surface area contributed by atoms with Gasteiger partial charge in [0.2, 0.25) is 0 Å². The van der Waals surface area contributed by atoms with E-state index < -0.39 is 17.2 Å². The van der Waals surface area contributed by atoms with E-state index in [1.54, 1.807) is 0 Å². The molecule has 1 nitrogen and oxygen atoms in total. The number of hydrogen-bond acceptors (Lipinski definition) is 1. The molecule has 0 amide bonds. The summed E-state index contributed by atoms with van der Waals surface area (Å²) in [5.74, 6) is -3.69. The number of methoxy groups -OCH3 is 1. The Kier molecular flexibility index (Phi) is 4.83. The first-order valence-corrected chi connectivity index (χ1v) is 6.15. The standard InChI is InChI=1S/C10H8Br2F4O/c1-17-7-3-2-5(4-6(7)11)8(12)10(15,16)9(13)14/h2-4,8-9H,1H3. The minimum absolute atomic E-state index is 0.0444. The summed E-state index contributed by atoms with van der Waals surface area (Å²) in [5.41, 5.74) is 0.0444. The van der Waals surface area contributed by atoms with Gasteiger partial charge in [0.25, 0.3) is 0 Å². The van der Waals surface area contributed by atoms with Gasteiger partial charge in [0.05, 0.1) is 11.6 Å². The van der Waals surface area contributed by atoms with Gasteiger partial charge in [-0.2, -0.15) is 8.78 Å². The molecular weight excluding hydrogens is 372 g/mol. The summed E-state index contributed by atoms with van der Waals surface area (Å²) < 4.78 is 55.9. The maximum atomic E-state index is 13.1. The SMILES string of the molecule is COc1ccc(C(Br)C(F)(F)C(F)F)cc1Br. The number of halogens is 6. The highest BCUT2D eigenvalue weighted by Gasteiger charge is 2.48. The van der Waals surface area contributed by atoms with Crippen LogP contribution in [-0.2, 0) is 0 Å². The van der Waals surface area contributed by atoms with E-state index in [0.717, 1.165) is 0 Å². The number of hydrogen-bond donors (Lipinski definition) is 0. The van der Waals surface area contributed by atoms with Gasteiger partial charge in [-0.3, -0.25) is 0 Å². The first-order valence-electron chi connectivity index (χ1n) is 4.44. The van der Waals surface area contributed by atoms with Crippen LogP contribution in [0.3, 0.4) is 0 Å². The first kappa shape index (κ1) is 14.8. The quantitative estimate of drug-likeness (QED) is 0.539. The van der Waals surface area contributed by atoms with E-state index in [0.29, 0.717) is 10.2 Å². The topological polar surface area (TPSA) is 9.23 Å². The highest BCUT2D eigenvalue weighted by Crippen LogP contribution is 2.44. The van der Waals surface area contributed by atoms with Gasteiger partial charge < -0.3 is 4.74 Å². The molecule has 0 heterocycles. The molecule has 0 spiro atoms. The van der Waals surface area contributed by atoms with E-state index in [1.807, 2.05) is 0 Å². The molecule has 0 aliphatic rings. The monoisotopic (exact) mass is 378 g/mol. The van der Waals surface area contributed by atoms with Crippen LogP contribution in [0.25, 0.3) is 0 Å². The molecule has 7 heteroatoms. The average molecular weight is 380 g/mol. The third kappa shape index (κ3) is 3.13. The Bertz CT molecular complexity index is 398. The van der Waals surface area contributed by atoms with Crippen LogP contribution in [0.15, 0.2) is 22.7 Å². The Morgan fingerprint density at radius 3 is 2.29 bits per heavy atom. The van der Waals surface area contributed by atoms with Crippen molar-refractivity contribution in [3.63, 3.8) is 0 Å². The van der Waals surface area contributed by atoms with E-state index >= 15 is 0 Å². The molecule has 0 saturated carbocycles. The van der Waals surface area contributed by atoms with Crippen molar-refractivity contribution in [2.24, 2.45) is 0 Å². The van der Waals surface area contributed by atoms with Gasteiger partial charge in [-0.25, -0.2) is 8.78 Å². The van der Waals surface area contributed by atoms with Crippen LogP contribution in [-0.4, -0.2) is 19.5 Å². The zero-order chi connectivity index (χ0) is 13.2. The lowest BCUT2D eigenvalue weighted by Gasteiger charge is -2.22. The first-order chi connectivity index (χ1) is 7.80. The van der Waals surface area contributed by atoms with Crippen LogP contribution in [0.2, 0.25) is 0 Å². The van der Waals surface area contributed by atoms with E-state index in [1.165, 1.54) is 25.3 Å². The Morgan fingerprint density at radius 2 is 1.88 bits per heavy atom. The van der Waals surface area contributed by atoms with E-state index in [-0.39, 0.29) is 5.56 Å². The molecule has 0 bridgehead atoms. The molecule has 0 aliphatic heterocycles. The molecule has 17 heavy (non-hydrogen) atoms. The lowest BCUT2D eigenvalue weighted by molar-refractivity contribution is -0.127. The zero-order valence-corrected chi connectivity index (χ0v) is 11.7. The lowest BCUT2D eigenvalue weighted by atomic mass is 10.1. The second-order valence-corrected chi connectivity index (χ2v) is 5.00. The molecule has 0 fully saturated rings. The van der Waals surface area contributed by atoms with Crippen molar-refractivity contribution in [2.75, 3.05) is 7.11 Å². The zero-order valence-electron chi connectivity index (χ0n) is 8.56. The van der Waals surface area contributed by atoms with Crippen molar-refractivity contribution in [1.82, 2.24) is 0 Å². The molecule has 0 N–H and O–H groups in total. The maximum Gasteiger partial charge on any atom is 0.323 e. The van der Waals surface area contributed by atoms with Gasteiger partial charge in [-0.1, -0.05) is 22.0 Å². The molecule has 96 valence electrons. The molecule has 0 aliphatic carbocycles. The van der Waals surface area contributed by atoms with Gasteiger partial charge in [-0.05, 0) is 33.6 Å². The molecular formula is C10H8Br2F4O. The van der Waals surface area contributed by atoms with Crippen LogP contribution in [0, 0.1) is 0 Å². The summed E-state index contributed by atoms with van der Waals surface area (Å²) in [6.45, 7) is 0. The van der Waals surface area contributed by atoms with Gasteiger partial charge in [0.1, 0.15) is 10.6 Å². The van der Waals surface area contributed by atoms with Crippen molar-refractivity contribution in [3.8, 4) is 5.75 Å². The van der Waals surface area contributed by atoms with Crippen molar-refractivity contribution in [2.45, 2.75) is 17.2 Å². The summed E-state index contributed by atoms with van der Waals surface area (Å²) in [5, 5.41) is 0. The Balaban J connectivity index is 3.05. The van der Waals surface area contributed by atoms with Crippen LogP contribution in [0.4, 0.5) is 17.6 Å². The molecule has 0 aromatic heterocycles. The average Bonchev–Trinajstić information content (AvgIpc) is 2.27. The van der Waals surface area contributed by atoms with E-state index in [4.69, 9.17) is 4.74 Å². The second-order valence-electron chi connectivity index (χ2n) is 3.23. The summed E-state index contributed by atoms with van der Waals surface area (Å²) in [7, 11) is 1.42. The van der Waals surface area contributed by atoms with Gasteiger partial charge in [0.15, 0.2) is 0 Å². The van der Waals surface area contributed by atoms with Crippen LogP contribution < -0.4 is 4.74 Å². The largest absolute Gasteiger partial charge is 0.496 e. The fraction of sp³-hybridized carbons (Fsp3) is 0.400. The fourth-order valence-corrected chi connectivity index (χ4v) is 2.22. The minimum atomic E-state index is -4.13. The Morgan fingerprint density at radius 1 is 1.29 bits per heavy atom. The van der Waals surface area contributed by atoms with Crippen LogP contribution in [0.1, 0.15) is 10.4 Å². The Labute approximate surface area is 112 Å². The fourth-order valence-electron chi connectivity index (χ4n) is 1.17. The van der Waals surface area contributed by atoms with E-state index in [2.05, 4.69) is 31.9 Å². The van der Waals surface area contributed by atoms with Crippen LogP contribution >= 0.6 is 31.9 Å². The second kappa shape index (κ2) is 5.56. The van der Waals surface area contributed by atoms with Crippen molar-refractivity contribution >= 4 is 31.9 Å². The normalized spacial score (nSPS) is 13.9. The molecule has 1 unspecified atom stereocenters. The summed E-state index contributed by atoms with van der Waals surface area (Å²) >= 11 is 5.70. The molecule has 1 rings (SSSR count). The number of alkyl halides is 5. The molecule has 1 aromatic rings. The predicted molar refractivity (Wildman–Crippen MR) is 63.3 cm³/mol. The molecule has 1 atom stereocenters. The molecule has 0 radical (unpaired) electrons. The van der Waals surface area contributed by atoms with Crippen molar-refractivity contribution in [3.05, 3.63) is 28.2 Å². The van der Waals surface area contributed by atoms with Crippen molar-refractivity contribution < 1.29 is 22.3 Å². The Hall–Kier alpha value is -0.300. The highest BCUT2D eigenvalue weighted by atomic mass is 79.9. The number of benzene rings is 1. The van der Waals surface area contributed by atoms with Gasteiger partial charge in [0, 0.05) is 0 Å². The third-order valence-electron chi connectivity index (χ3n) is 2.10. The van der Waals surface area contributed by atoms with E-state index in [9.17, 15) is 17.6 Å². The highest BCUT2D eigenvalue weighted by molar-refractivity contribution is 9.10. The molecule has 0 saturated heterocycles. The molecule has 1 aromatic carbocycles. The third-order valence-corrected chi connectivity index (χ3v) is 3.86. The van der Waals surface area contributed by atoms with Crippen molar-refractivity contribution in [1.29, 1.82) is 0 Å². The summed E-state index contributed by atoms with van der Waals surface area (Å²) in [4.78, 5) is -1.75. The lowest BCUT2D eigenvalue weighted by Crippen LogP contribution is -2.31. The smallest absolute Gasteiger partial charge is 0.323 e. The summed E-state index contributed by atoms with van der Waals surface area (Å²) in [6.07, 6.45) is -3.73. The minimum Gasteiger partial charge on any atom is -0.496 e. The number of rotatable bonds is 4. The number of ether oxygens (including phenoxy) is 1. The van der Waals surface area contributed by atoms with Gasteiger partial charge >= 0.3 is 12.3 Å². The van der Waals surface area contributed by atoms with Crippen LogP contribution in [0.5, 0.6) is 5.75 Å². The van der Waals surface area contributed by atoms with Gasteiger partial charge in [-0.15, -0.1) is 0 Å².